The summed E-state index contributed by atoms with van der Waals surface area (Å²) in [5.74, 6) is 1.18. The highest BCUT2D eigenvalue weighted by molar-refractivity contribution is 6.03. The summed E-state index contributed by atoms with van der Waals surface area (Å²) in [6.07, 6.45) is 0. The zero-order chi connectivity index (χ0) is 14.5. The van der Waals surface area contributed by atoms with Crippen molar-refractivity contribution < 1.29 is 9.53 Å². The van der Waals surface area contributed by atoms with Gasteiger partial charge in [-0.3, -0.25) is 4.79 Å². The predicted octanol–water partition coefficient (Wildman–Crippen LogP) is 2.41. The molecule has 1 heterocycles. The highest BCUT2D eigenvalue weighted by Crippen LogP contribution is 2.17. The van der Waals surface area contributed by atoms with Crippen molar-refractivity contribution in [1.29, 1.82) is 0 Å². The van der Waals surface area contributed by atoms with E-state index >= 15 is 0 Å². The lowest BCUT2D eigenvalue weighted by molar-refractivity contribution is 0.102. The average Bonchev–Trinajstić information content (AvgIpc) is 2.47. The van der Waals surface area contributed by atoms with E-state index in [-0.39, 0.29) is 5.91 Å². The molecule has 1 amide bonds. The quantitative estimate of drug-likeness (QED) is 0.927. The maximum absolute atomic E-state index is 12.2. The summed E-state index contributed by atoms with van der Waals surface area (Å²) in [4.78, 5) is 18.3. The molecule has 0 aliphatic carbocycles. The Bertz CT molecular complexity index is 612. The molecule has 0 unspecified atom stereocenters. The fraction of sp³-hybridized carbons (Fsp3) is 0.200. The topological polar surface area (TPSA) is 54.5 Å². The fourth-order valence-electron chi connectivity index (χ4n) is 1.69. The zero-order valence-corrected chi connectivity index (χ0v) is 11.8. The normalized spacial score (nSPS) is 9.95. The Labute approximate surface area is 118 Å². The number of carbonyl (C=O) groups is 1. The van der Waals surface area contributed by atoms with E-state index in [0.29, 0.717) is 17.1 Å². The first-order valence-corrected chi connectivity index (χ1v) is 6.20. The third-order valence-corrected chi connectivity index (χ3v) is 2.75. The number of ether oxygens (including phenoxy) is 1. The van der Waals surface area contributed by atoms with Gasteiger partial charge in [0, 0.05) is 25.8 Å². The Hall–Kier alpha value is -2.56. The van der Waals surface area contributed by atoms with Crippen LogP contribution < -0.4 is 15.0 Å². The summed E-state index contributed by atoms with van der Waals surface area (Å²) in [5.41, 5.74) is 1.05. The molecule has 0 aliphatic heterocycles. The van der Waals surface area contributed by atoms with Crippen LogP contribution in [0.15, 0.2) is 42.5 Å². The lowest BCUT2D eigenvalue weighted by atomic mass is 10.2. The molecule has 20 heavy (non-hydrogen) atoms. The lowest BCUT2D eigenvalue weighted by Crippen LogP contribution is -2.17. The second-order valence-corrected chi connectivity index (χ2v) is 4.46. The lowest BCUT2D eigenvalue weighted by Gasteiger charge is -2.12. The van der Waals surface area contributed by atoms with E-state index in [1.807, 2.05) is 43.3 Å². The molecule has 5 nitrogen and oxygen atoms in total. The first-order valence-electron chi connectivity index (χ1n) is 6.20. The van der Waals surface area contributed by atoms with Crippen LogP contribution in [-0.2, 0) is 0 Å². The highest BCUT2D eigenvalue weighted by Gasteiger charge is 2.09. The maximum Gasteiger partial charge on any atom is 0.274 e. The van der Waals surface area contributed by atoms with Crippen molar-refractivity contribution in [3.63, 3.8) is 0 Å². The molecule has 0 fully saturated rings. The number of hydrogen-bond acceptors (Lipinski definition) is 4. The second-order valence-electron chi connectivity index (χ2n) is 4.46. The molecule has 1 aromatic carbocycles. The van der Waals surface area contributed by atoms with E-state index in [2.05, 4.69) is 10.3 Å². The number of nitrogens with one attached hydrogen (secondary N) is 1. The van der Waals surface area contributed by atoms with Crippen LogP contribution in [-0.4, -0.2) is 32.1 Å². The van der Waals surface area contributed by atoms with Crippen LogP contribution in [0, 0.1) is 0 Å². The SMILES string of the molecule is COc1cccc(NC(=O)c2cccc(N(C)C)n2)c1. The minimum absolute atomic E-state index is 0.248. The van der Waals surface area contributed by atoms with Crippen molar-refractivity contribution in [2.45, 2.75) is 0 Å². The van der Waals surface area contributed by atoms with Crippen molar-refractivity contribution >= 4 is 17.4 Å². The molecule has 0 radical (unpaired) electrons. The summed E-state index contributed by atoms with van der Waals surface area (Å²) in [6.45, 7) is 0. The van der Waals surface area contributed by atoms with E-state index in [1.165, 1.54) is 0 Å². The largest absolute Gasteiger partial charge is 0.497 e. The van der Waals surface area contributed by atoms with Crippen LogP contribution in [0.2, 0.25) is 0 Å². The van der Waals surface area contributed by atoms with Crippen molar-refractivity contribution in [2.24, 2.45) is 0 Å². The molecule has 0 aliphatic rings. The Morgan fingerprint density at radius 3 is 2.65 bits per heavy atom. The number of benzene rings is 1. The van der Waals surface area contributed by atoms with Gasteiger partial charge in [-0.25, -0.2) is 4.98 Å². The van der Waals surface area contributed by atoms with E-state index in [1.54, 1.807) is 25.3 Å². The van der Waals surface area contributed by atoms with Gasteiger partial charge >= 0.3 is 0 Å². The van der Waals surface area contributed by atoms with Crippen molar-refractivity contribution in [2.75, 3.05) is 31.4 Å². The number of pyridine rings is 1. The minimum atomic E-state index is -0.248. The minimum Gasteiger partial charge on any atom is -0.497 e. The standard InChI is InChI=1S/C15H17N3O2/c1-18(2)14-9-5-8-13(17-14)15(19)16-11-6-4-7-12(10-11)20-3/h4-10H,1-3H3,(H,16,19). The van der Waals surface area contributed by atoms with Crippen LogP contribution in [0.4, 0.5) is 11.5 Å². The van der Waals surface area contributed by atoms with Gasteiger partial charge in [0.05, 0.1) is 7.11 Å². The Balaban J connectivity index is 2.17. The molecular weight excluding hydrogens is 254 g/mol. The third kappa shape index (κ3) is 3.26. The molecule has 2 rings (SSSR count). The summed E-state index contributed by atoms with van der Waals surface area (Å²) in [5, 5.41) is 2.80. The van der Waals surface area contributed by atoms with Gasteiger partial charge in [0.25, 0.3) is 5.91 Å². The first kappa shape index (κ1) is 13.9. The number of aromatic nitrogens is 1. The fourth-order valence-corrected chi connectivity index (χ4v) is 1.69. The molecule has 0 saturated carbocycles. The molecule has 104 valence electrons. The smallest absolute Gasteiger partial charge is 0.274 e. The number of methoxy groups -OCH3 is 1. The van der Waals surface area contributed by atoms with Crippen LogP contribution in [0.1, 0.15) is 10.5 Å². The summed E-state index contributed by atoms with van der Waals surface area (Å²) in [6, 6.07) is 12.5. The van der Waals surface area contributed by atoms with Crippen LogP contribution in [0.25, 0.3) is 0 Å². The molecule has 0 spiro atoms. The van der Waals surface area contributed by atoms with Crippen LogP contribution in [0.3, 0.4) is 0 Å². The number of carbonyl (C=O) groups excluding carboxylic acids is 1. The Kier molecular flexibility index (Phi) is 4.20. The summed E-state index contributed by atoms with van der Waals surface area (Å²) in [7, 11) is 5.35. The molecule has 1 aromatic heterocycles. The van der Waals surface area contributed by atoms with Gasteiger partial charge in [0.15, 0.2) is 0 Å². The van der Waals surface area contributed by atoms with Crippen molar-refractivity contribution in [3.8, 4) is 5.75 Å². The number of nitrogens with zero attached hydrogens (tertiary/aromatic N) is 2. The summed E-state index contributed by atoms with van der Waals surface area (Å²) >= 11 is 0. The van der Waals surface area contributed by atoms with Crippen LogP contribution in [0.5, 0.6) is 5.75 Å². The van der Waals surface area contributed by atoms with E-state index in [4.69, 9.17) is 4.74 Å². The first-order chi connectivity index (χ1) is 9.60. The maximum atomic E-state index is 12.2. The van der Waals surface area contributed by atoms with Gasteiger partial charge in [-0.15, -0.1) is 0 Å². The number of hydrogen-bond donors (Lipinski definition) is 1. The molecular formula is C15H17N3O2. The van der Waals surface area contributed by atoms with Gasteiger partial charge in [0.1, 0.15) is 17.3 Å². The number of rotatable bonds is 4. The Morgan fingerprint density at radius 1 is 1.20 bits per heavy atom. The number of amides is 1. The molecule has 0 saturated heterocycles. The second kappa shape index (κ2) is 6.06. The van der Waals surface area contributed by atoms with Gasteiger partial charge in [-0.2, -0.15) is 0 Å². The third-order valence-electron chi connectivity index (χ3n) is 2.75. The zero-order valence-electron chi connectivity index (χ0n) is 11.8. The van der Waals surface area contributed by atoms with Crippen LogP contribution >= 0.6 is 0 Å². The number of anilines is 2. The Morgan fingerprint density at radius 2 is 1.95 bits per heavy atom. The van der Waals surface area contributed by atoms with Gasteiger partial charge in [0.2, 0.25) is 0 Å². The van der Waals surface area contributed by atoms with E-state index in [9.17, 15) is 4.79 Å². The van der Waals surface area contributed by atoms with Crippen molar-refractivity contribution in [1.82, 2.24) is 4.98 Å². The average molecular weight is 271 g/mol. The highest BCUT2D eigenvalue weighted by atomic mass is 16.5. The summed E-state index contributed by atoms with van der Waals surface area (Å²) < 4.78 is 5.12. The van der Waals surface area contributed by atoms with Gasteiger partial charge in [-0.1, -0.05) is 12.1 Å². The molecule has 1 N–H and O–H groups in total. The van der Waals surface area contributed by atoms with Crippen molar-refractivity contribution in [3.05, 3.63) is 48.2 Å². The van der Waals surface area contributed by atoms with Gasteiger partial charge < -0.3 is 15.0 Å². The van der Waals surface area contributed by atoms with E-state index < -0.39 is 0 Å². The monoisotopic (exact) mass is 271 g/mol. The molecule has 5 heteroatoms. The molecule has 0 atom stereocenters. The van der Waals surface area contributed by atoms with E-state index in [0.717, 1.165) is 5.82 Å². The molecule has 0 bridgehead atoms. The molecule has 2 aromatic rings. The predicted molar refractivity (Wildman–Crippen MR) is 79.5 cm³/mol. The van der Waals surface area contributed by atoms with Gasteiger partial charge in [-0.05, 0) is 24.3 Å².